The second-order valence-corrected chi connectivity index (χ2v) is 7.61. The number of para-hydroxylation sites is 1. The summed E-state index contributed by atoms with van der Waals surface area (Å²) >= 11 is 1.89. The largest absolute Gasteiger partial charge is 0.389 e. The van der Waals surface area contributed by atoms with Crippen LogP contribution < -0.4 is 10.6 Å². The molecule has 1 saturated heterocycles. The second kappa shape index (κ2) is 8.71. The van der Waals surface area contributed by atoms with Crippen LogP contribution in [0.2, 0.25) is 0 Å². The van der Waals surface area contributed by atoms with Crippen LogP contribution in [0.4, 0.5) is 5.69 Å². The molecular weight excluding hydrogens is 308 g/mol. The van der Waals surface area contributed by atoms with Crippen LogP contribution in [0.3, 0.4) is 0 Å². The van der Waals surface area contributed by atoms with Gasteiger partial charge in [-0.3, -0.25) is 4.79 Å². The summed E-state index contributed by atoms with van der Waals surface area (Å²) in [7, 11) is 0. The second-order valence-electron chi connectivity index (χ2n) is 6.38. The minimum Gasteiger partial charge on any atom is -0.389 e. The van der Waals surface area contributed by atoms with E-state index in [1.165, 1.54) is 0 Å². The molecule has 1 amide bonds. The third-order valence-corrected chi connectivity index (χ3v) is 5.35. The van der Waals surface area contributed by atoms with Gasteiger partial charge in [-0.15, -0.1) is 0 Å². The van der Waals surface area contributed by atoms with Crippen LogP contribution in [0, 0.1) is 0 Å². The van der Waals surface area contributed by atoms with E-state index in [4.69, 9.17) is 0 Å². The minimum absolute atomic E-state index is 0.0112. The van der Waals surface area contributed by atoms with Crippen molar-refractivity contribution in [3.8, 4) is 0 Å². The Bertz CT molecular complexity index is 515. The number of aliphatic hydroxyl groups is 1. The topological polar surface area (TPSA) is 61.4 Å². The zero-order chi connectivity index (χ0) is 16.7. The van der Waals surface area contributed by atoms with E-state index < -0.39 is 5.60 Å². The Kier molecular flexibility index (Phi) is 6.93. The monoisotopic (exact) mass is 336 g/mol. The van der Waals surface area contributed by atoms with Gasteiger partial charge in [-0.1, -0.05) is 25.1 Å². The van der Waals surface area contributed by atoms with Crippen molar-refractivity contribution in [1.29, 1.82) is 0 Å². The standard InChI is InChI=1S/C18H28N2O2S/c1-3-15-6-4-5-7-16(15)20-17(21)12-14(2)19-13-18(22)8-10-23-11-9-18/h4-7,14,19,22H,3,8-13H2,1-2H3,(H,20,21). The summed E-state index contributed by atoms with van der Waals surface area (Å²) in [6.45, 7) is 4.64. The van der Waals surface area contributed by atoms with Gasteiger partial charge in [0.2, 0.25) is 5.91 Å². The maximum absolute atomic E-state index is 12.2. The Hall–Kier alpha value is -1.04. The minimum atomic E-state index is -0.606. The summed E-state index contributed by atoms with van der Waals surface area (Å²) in [5, 5.41) is 16.8. The Balaban J connectivity index is 1.78. The summed E-state index contributed by atoms with van der Waals surface area (Å²) < 4.78 is 0. The predicted molar refractivity (Wildman–Crippen MR) is 98.0 cm³/mol. The van der Waals surface area contributed by atoms with Crippen molar-refractivity contribution in [2.45, 2.75) is 51.2 Å². The lowest BCUT2D eigenvalue weighted by atomic mass is 9.96. The average molecular weight is 337 g/mol. The summed E-state index contributed by atoms with van der Waals surface area (Å²) in [5.41, 5.74) is 1.44. The van der Waals surface area contributed by atoms with E-state index in [1.807, 2.05) is 43.0 Å². The van der Waals surface area contributed by atoms with Crippen molar-refractivity contribution in [2.24, 2.45) is 0 Å². The lowest BCUT2D eigenvalue weighted by molar-refractivity contribution is -0.116. The van der Waals surface area contributed by atoms with Gasteiger partial charge in [0.25, 0.3) is 0 Å². The van der Waals surface area contributed by atoms with Gasteiger partial charge in [0, 0.05) is 24.7 Å². The van der Waals surface area contributed by atoms with E-state index in [1.54, 1.807) is 0 Å². The summed E-state index contributed by atoms with van der Waals surface area (Å²) in [5.74, 6) is 2.04. The molecule has 1 atom stereocenters. The first-order chi connectivity index (χ1) is 11.0. The Morgan fingerprint density at radius 1 is 1.35 bits per heavy atom. The zero-order valence-corrected chi connectivity index (χ0v) is 14.9. The van der Waals surface area contributed by atoms with E-state index in [-0.39, 0.29) is 11.9 Å². The van der Waals surface area contributed by atoms with Gasteiger partial charge < -0.3 is 15.7 Å². The lowest BCUT2D eigenvalue weighted by Crippen LogP contribution is -2.46. The van der Waals surface area contributed by atoms with E-state index in [0.717, 1.165) is 42.0 Å². The maximum Gasteiger partial charge on any atom is 0.225 e. The smallest absolute Gasteiger partial charge is 0.225 e. The van der Waals surface area contributed by atoms with E-state index in [0.29, 0.717) is 13.0 Å². The van der Waals surface area contributed by atoms with E-state index in [9.17, 15) is 9.90 Å². The van der Waals surface area contributed by atoms with Crippen molar-refractivity contribution in [3.05, 3.63) is 29.8 Å². The van der Waals surface area contributed by atoms with Crippen molar-refractivity contribution in [1.82, 2.24) is 5.32 Å². The van der Waals surface area contributed by atoms with Crippen LogP contribution in [-0.2, 0) is 11.2 Å². The van der Waals surface area contributed by atoms with Gasteiger partial charge in [-0.25, -0.2) is 0 Å². The number of carbonyl (C=O) groups excluding carboxylic acids is 1. The number of rotatable bonds is 7. The number of benzene rings is 1. The number of nitrogens with one attached hydrogen (secondary N) is 2. The highest BCUT2D eigenvalue weighted by atomic mass is 32.2. The normalized spacial score (nSPS) is 18.4. The van der Waals surface area contributed by atoms with Gasteiger partial charge in [0.15, 0.2) is 0 Å². The lowest BCUT2D eigenvalue weighted by Gasteiger charge is -2.33. The molecule has 0 radical (unpaired) electrons. The zero-order valence-electron chi connectivity index (χ0n) is 14.1. The molecule has 1 fully saturated rings. The van der Waals surface area contributed by atoms with Gasteiger partial charge in [-0.2, -0.15) is 11.8 Å². The quantitative estimate of drug-likeness (QED) is 0.716. The first-order valence-electron chi connectivity index (χ1n) is 8.44. The molecule has 2 rings (SSSR count). The van der Waals surface area contributed by atoms with Crippen LogP contribution in [0.5, 0.6) is 0 Å². The molecule has 23 heavy (non-hydrogen) atoms. The number of aryl methyl sites for hydroxylation is 1. The highest BCUT2D eigenvalue weighted by Gasteiger charge is 2.29. The van der Waals surface area contributed by atoms with Gasteiger partial charge in [0.1, 0.15) is 0 Å². The number of thioether (sulfide) groups is 1. The van der Waals surface area contributed by atoms with Crippen LogP contribution in [0.15, 0.2) is 24.3 Å². The molecule has 5 heteroatoms. The third-order valence-electron chi connectivity index (χ3n) is 4.37. The van der Waals surface area contributed by atoms with Crippen molar-refractivity contribution in [3.63, 3.8) is 0 Å². The fourth-order valence-corrected chi connectivity index (χ4v) is 4.05. The van der Waals surface area contributed by atoms with E-state index in [2.05, 4.69) is 17.6 Å². The average Bonchev–Trinajstić information content (AvgIpc) is 2.54. The van der Waals surface area contributed by atoms with Crippen molar-refractivity contribution < 1.29 is 9.90 Å². The van der Waals surface area contributed by atoms with Crippen molar-refractivity contribution >= 4 is 23.4 Å². The number of carbonyl (C=O) groups is 1. The van der Waals surface area contributed by atoms with Crippen LogP contribution >= 0.6 is 11.8 Å². The number of amides is 1. The SMILES string of the molecule is CCc1ccccc1NC(=O)CC(C)NCC1(O)CCSCC1. The van der Waals surface area contributed by atoms with Crippen LogP contribution in [0.25, 0.3) is 0 Å². The molecule has 0 aromatic heterocycles. The summed E-state index contributed by atoms with van der Waals surface area (Å²) in [4.78, 5) is 12.2. The molecule has 4 nitrogen and oxygen atoms in total. The molecule has 0 spiro atoms. The molecule has 1 unspecified atom stereocenters. The molecule has 1 aromatic rings. The van der Waals surface area contributed by atoms with Gasteiger partial charge in [-0.05, 0) is 49.3 Å². The molecular formula is C18H28N2O2S. The molecule has 128 valence electrons. The number of hydrogen-bond acceptors (Lipinski definition) is 4. The number of anilines is 1. The summed E-state index contributed by atoms with van der Waals surface area (Å²) in [6.07, 6.45) is 2.96. The maximum atomic E-state index is 12.2. The molecule has 1 heterocycles. The fraction of sp³-hybridized carbons (Fsp3) is 0.611. The fourth-order valence-electron chi connectivity index (χ4n) is 2.79. The summed E-state index contributed by atoms with van der Waals surface area (Å²) in [6, 6.07) is 7.95. The predicted octanol–water partition coefficient (Wildman–Crippen LogP) is 2.81. The molecule has 0 aliphatic carbocycles. The molecule has 1 aliphatic heterocycles. The molecule has 1 aliphatic rings. The third kappa shape index (κ3) is 5.83. The molecule has 0 bridgehead atoms. The van der Waals surface area contributed by atoms with Gasteiger partial charge >= 0.3 is 0 Å². The first kappa shape index (κ1) is 18.3. The molecule has 3 N–H and O–H groups in total. The first-order valence-corrected chi connectivity index (χ1v) is 9.59. The van der Waals surface area contributed by atoms with Gasteiger partial charge in [0.05, 0.1) is 5.60 Å². The van der Waals surface area contributed by atoms with Crippen LogP contribution in [0.1, 0.15) is 38.7 Å². The van der Waals surface area contributed by atoms with Crippen LogP contribution in [-0.4, -0.2) is 40.7 Å². The van der Waals surface area contributed by atoms with Crippen molar-refractivity contribution in [2.75, 3.05) is 23.4 Å². The Morgan fingerprint density at radius 2 is 2.04 bits per heavy atom. The number of hydrogen-bond donors (Lipinski definition) is 3. The molecule has 1 aromatic carbocycles. The Morgan fingerprint density at radius 3 is 2.74 bits per heavy atom. The van der Waals surface area contributed by atoms with E-state index >= 15 is 0 Å². The Labute approximate surface area is 143 Å². The highest BCUT2D eigenvalue weighted by Crippen LogP contribution is 2.26. The highest BCUT2D eigenvalue weighted by molar-refractivity contribution is 7.99. The molecule has 0 saturated carbocycles.